The molecular weight excluding hydrogens is 210 g/mol. The highest BCUT2D eigenvalue weighted by Gasteiger charge is 2.46. The summed E-state index contributed by atoms with van der Waals surface area (Å²) in [6.07, 6.45) is 1.31. The minimum atomic E-state index is 0.269. The number of rotatable bonds is 0. The van der Waals surface area contributed by atoms with E-state index in [1.165, 1.54) is 13.0 Å². The van der Waals surface area contributed by atoms with E-state index in [-0.39, 0.29) is 5.54 Å². The Hall–Kier alpha value is -0.0800. The number of likely N-dealkylation sites (tertiary alicyclic amines) is 1. The van der Waals surface area contributed by atoms with Crippen LogP contribution in [-0.2, 0) is 4.74 Å². The van der Waals surface area contributed by atoms with Crippen LogP contribution in [0.25, 0.3) is 0 Å². The first kappa shape index (κ1) is 13.4. The highest BCUT2D eigenvalue weighted by Crippen LogP contribution is 2.42. The molecule has 0 aliphatic carbocycles. The molecule has 2 fully saturated rings. The van der Waals surface area contributed by atoms with Crippen LogP contribution in [-0.4, -0.2) is 36.2 Å². The summed E-state index contributed by atoms with van der Waals surface area (Å²) in [5.41, 5.74) is 0.631. The quantitative estimate of drug-likeness (QED) is 0.644. The zero-order chi connectivity index (χ0) is 12.8. The number of nitrogens with zero attached hydrogens (tertiary/aromatic N) is 1. The topological polar surface area (TPSA) is 12.5 Å². The molecule has 0 amide bonds. The van der Waals surface area contributed by atoms with E-state index in [4.69, 9.17) is 4.74 Å². The van der Waals surface area contributed by atoms with E-state index >= 15 is 0 Å². The lowest BCUT2D eigenvalue weighted by Crippen LogP contribution is -2.59. The third-order valence-corrected chi connectivity index (χ3v) is 4.53. The molecule has 2 rings (SSSR count). The molecule has 0 N–H and O–H groups in total. The maximum atomic E-state index is 5.69. The lowest BCUT2D eigenvalue weighted by molar-refractivity contribution is -0.0370. The maximum absolute atomic E-state index is 5.69. The molecule has 0 aromatic heterocycles. The Bertz CT molecular complexity index is 246. The Morgan fingerprint density at radius 3 is 2.06 bits per heavy atom. The number of ether oxygens (including phenoxy) is 1. The average Bonchev–Trinajstić information content (AvgIpc) is 2.59. The molecule has 0 saturated carbocycles. The van der Waals surface area contributed by atoms with E-state index in [0.717, 1.165) is 25.0 Å². The van der Waals surface area contributed by atoms with Gasteiger partial charge >= 0.3 is 0 Å². The molecule has 0 aromatic rings. The van der Waals surface area contributed by atoms with E-state index in [0.29, 0.717) is 11.5 Å². The van der Waals surface area contributed by atoms with Crippen molar-refractivity contribution in [2.75, 3.05) is 19.8 Å². The van der Waals surface area contributed by atoms with Crippen LogP contribution >= 0.6 is 0 Å². The average molecular weight is 239 g/mol. The Balaban J connectivity index is 2.21. The summed E-state index contributed by atoms with van der Waals surface area (Å²) >= 11 is 0. The van der Waals surface area contributed by atoms with Crippen molar-refractivity contribution >= 4 is 0 Å². The molecule has 2 aliphatic heterocycles. The minimum absolute atomic E-state index is 0.269. The molecule has 2 saturated heterocycles. The third-order valence-electron chi connectivity index (χ3n) is 4.53. The largest absolute Gasteiger partial charge is 0.381 e. The summed E-state index contributed by atoms with van der Waals surface area (Å²) in [7, 11) is 0. The van der Waals surface area contributed by atoms with Crippen molar-refractivity contribution in [2.24, 2.45) is 17.3 Å². The van der Waals surface area contributed by atoms with Crippen LogP contribution < -0.4 is 0 Å². The molecule has 0 radical (unpaired) electrons. The minimum Gasteiger partial charge on any atom is -0.381 e. The van der Waals surface area contributed by atoms with Gasteiger partial charge in [0, 0.05) is 30.7 Å². The summed E-state index contributed by atoms with van der Waals surface area (Å²) in [5, 5.41) is 0. The van der Waals surface area contributed by atoms with E-state index in [1.54, 1.807) is 0 Å². The van der Waals surface area contributed by atoms with Gasteiger partial charge in [-0.25, -0.2) is 0 Å². The lowest BCUT2D eigenvalue weighted by atomic mass is 9.72. The monoisotopic (exact) mass is 239 g/mol. The second-order valence-electron chi connectivity index (χ2n) is 8.00. The van der Waals surface area contributed by atoms with Crippen molar-refractivity contribution in [1.82, 2.24) is 4.90 Å². The summed E-state index contributed by atoms with van der Waals surface area (Å²) in [6.45, 7) is 17.4. The fourth-order valence-electron chi connectivity index (χ4n) is 3.46. The normalized spacial score (nSPS) is 36.0. The molecule has 3 atom stereocenters. The Labute approximate surface area is 107 Å². The number of hydrogen-bond acceptors (Lipinski definition) is 2. The predicted molar refractivity (Wildman–Crippen MR) is 72.1 cm³/mol. The van der Waals surface area contributed by atoms with Crippen LogP contribution in [0.5, 0.6) is 0 Å². The van der Waals surface area contributed by atoms with Gasteiger partial charge < -0.3 is 4.74 Å². The first-order valence-corrected chi connectivity index (χ1v) is 7.04. The van der Waals surface area contributed by atoms with Crippen molar-refractivity contribution in [2.45, 2.75) is 59.5 Å². The van der Waals surface area contributed by atoms with Gasteiger partial charge in [-0.05, 0) is 38.5 Å². The Morgan fingerprint density at radius 1 is 0.941 bits per heavy atom. The molecule has 17 heavy (non-hydrogen) atoms. The second-order valence-corrected chi connectivity index (χ2v) is 8.00. The first-order chi connectivity index (χ1) is 7.69. The third kappa shape index (κ3) is 2.68. The molecule has 2 heterocycles. The van der Waals surface area contributed by atoms with Gasteiger partial charge in [-0.2, -0.15) is 0 Å². The van der Waals surface area contributed by atoms with Crippen molar-refractivity contribution < 1.29 is 4.74 Å². The zero-order valence-electron chi connectivity index (χ0n) is 12.4. The van der Waals surface area contributed by atoms with Gasteiger partial charge in [0.05, 0.1) is 6.61 Å². The number of fused-ring (bicyclic) bond motifs is 1. The Kier molecular flexibility index (Phi) is 3.33. The maximum Gasteiger partial charge on any atom is 0.0510 e. The fourth-order valence-corrected chi connectivity index (χ4v) is 3.46. The molecule has 0 spiro atoms. The first-order valence-electron chi connectivity index (χ1n) is 7.04. The molecule has 2 aliphatic rings. The summed E-state index contributed by atoms with van der Waals surface area (Å²) in [6, 6.07) is 0.686. The highest BCUT2D eigenvalue weighted by molar-refractivity contribution is 4.98. The van der Waals surface area contributed by atoms with Gasteiger partial charge in [0.2, 0.25) is 0 Å². The van der Waals surface area contributed by atoms with E-state index in [2.05, 4.69) is 46.4 Å². The van der Waals surface area contributed by atoms with Crippen LogP contribution in [0.4, 0.5) is 0 Å². The molecule has 2 heteroatoms. The van der Waals surface area contributed by atoms with E-state index in [9.17, 15) is 0 Å². The molecule has 0 bridgehead atoms. The summed E-state index contributed by atoms with van der Waals surface area (Å²) in [4.78, 5) is 2.73. The molecule has 0 aromatic carbocycles. The molecule has 2 nitrogen and oxygen atoms in total. The van der Waals surface area contributed by atoms with E-state index in [1.807, 2.05) is 0 Å². The van der Waals surface area contributed by atoms with Crippen LogP contribution in [0.3, 0.4) is 0 Å². The van der Waals surface area contributed by atoms with E-state index < -0.39 is 0 Å². The highest BCUT2D eigenvalue weighted by atomic mass is 16.5. The fraction of sp³-hybridized carbons (Fsp3) is 1.00. The van der Waals surface area contributed by atoms with Crippen molar-refractivity contribution in [3.63, 3.8) is 0 Å². The van der Waals surface area contributed by atoms with Gasteiger partial charge in [-0.15, -0.1) is 0 Å². The van der Waals surface area contributed by atoms with Gasteiger partial charge in [0.15, 0.2) is 0 Å². The zero-order valence-corrected chi connectivity index (χ0v) is 12.4. The molecular formula is C15H29NO. The van der Waals surface area contributed by atoms with Crippen molar-refractivity contribution in [1.29, 1.82) is 0 Å². The van der Waals surface area contributed by atoms with Gasteiger partial charge in [0.25, 0.3) is 0 Å². The summed E-state index contributed by atoms with van der Waals surface area (Å²) < 4.78 is 5.69. The SMILES string of the molecule is CC(C)(C)C1CC2COCC2CN1C(C)(C)C. The van der Waals surface area contributed by atoms with Gasteiger partial charge in [-0.3, -0.25) is 4.90 Å². The predicted octanol–water partition coefficient (Wildman–Crippen LogP) is 3.17. The standard InChI is InChI=1S/C15H29NO/c1-14(2,3)13-7-11-9-17-10-12(11)8-16(13)15(4,5)6/h11-13H,7-10H2,1-6H3. The lowest BCUT2D eigenvalue weighted by Gasteiger charge is -2.52. The van der Waals surface area contributed by atoms with Crippen molar-refractivity contribution in [3.05, 3.63) is 0 Å². The Morgan fingerprint density at radius 2 is 1.53 bits per heavy atom. The number of piperidine rings is 1. The smallest absolute Gasteiger partial charge is 0.0510 e. The molecule has 100 valence electrons. The number of hydrogen-bond donors (Lipinski definition) is 0. The van der Waals surface area contributed by atoms with Gasteiger partial charge in [-0.1, -0.05) is 20.8 Å². The van der Waals surface area contributed by atoms with Crippen LogP contribution in [0.1, 0.15) is 48.0 Å². The second kappa shape index (κ2) is 4.24. The van der Waals surface area contributed by atoms with Crippen LogP contribution in [0.15, 0.2) is 0 Å². The summed E-state index contributed by atoms with van der Waals surface area (Å²) in [5.74, 6) is 1.57. The van der Waals surface area contributed by atoms with Gasteiger partial charge in [0.1, 0.15) is 0 Å². The van der Waals surface area contributed by atoms with Crippen molar-refractivity contribution in [3.8, 4) is 0 Å². The van der Waals surface area contributed by atoms with Crippen LogP contribution in [0.2, 0.25) is 0 Å². The van der Waals surface area contributed by atoms with Crippen LogP contribution in [0, 0.1) is 17.3 Å². The molecule has 3 unspecified atom stereocenters.